The number of aromatic nitrogens is 3. The average Bonchev–Trinajstić information content (AvgIpc) is 3.49. The summed E-state index contributed by atoms with van der Waals surface area (Å²) in [5.74, 6) is 1.81. The van der Waals surface area contributed by atoms with Gasteiger partial charge in [-0.05, 0) is 67.6 Å². The zero-order valence-corrected chi connectivity index (χ0v) is 20.4. The van der Waals surface area contributed by atoms with Crippen molar-refractivity contribution in [2.24, 2.45) is 5.92 Å². The van der Waals surface area contributed by atoms with Gasteiger partial charge in [0, 0.05) is 48.5 Å². The first kappa shape index (κ1) is 22.2. The molecule has 1 saturated heterocycles. The number of amides is 1. The van der Waals surface area contributed by atoms with Crippen LogP contribution in [0.1, 0.15) is 24.2 Å². The van der Waals surface area contributed by atoms with Crippen LogP contribution in [0, 0.1) is 19.8 Å². The van der Waals surface area contributed by atoms with Gasteiger partial charge in [-0.1, -0.05) is 24.3 Å². The lowest BCUT2D eigenvalue weighted by molar-refractivity contribution is -0.116. The number of aryl methyl sites for hydroxylation is 2. The number of fused-ring (bicyclic) bond motifs is 3. The number of nitrogens with one attached hydrogen (secondary N) is 1. The van der Waals surface area contributed by atoms with E-state index in [9.17, 15) is 4.79 Å². The molecule has 0 spiro atoms. The summed E-state index contributed by atoms with van der Waals surface area (Å²) in [5, 5.41) is 4.08. The molecule has 180 valence electrons. The van der Waals surface area contributed by atoms with E-state index in [1.807, 2.05) is 67.7 Å². The molecular weight excluding hydrogens is 450 g/mol. The summed E-state index contributed by atoms with van der Waals surface area (Å²) in [4.78, 5) is 28.7. The second kappa shape index (κ2) is 9.07. The molecule has 1 aliphatic rings. The molecule has 3 aromatic heterocycles. The maximum absolute atomic E-state index is 12.9. The molecule has 1 aliphatic heterocycles. The van der Waals surface area contributed by atoms with Crippen LogP contribution in [0.15, 0.2) is 71.4 Å². The van der Waals surface area contributed by atoms with Crippen molar-refractivity contribution < 1.29 is 9.21 Å². The molecular formula is C29H27N5O2. The lowest BCUT2D eigenvalue weighted by atomic mass is 10.0. The Morgan fingerprint density at radius 3 is 2.83 bits per heavy atom. The van der Waals surface area contributed by atoms with E-state index in [1.165, 1.54) is 0 Å². The minimum Gasteiger partial charge on any atom is -0.450 e. The molecule has 1 fully saturated rings. The SMILES string of the molecule is Cc1nc(N2CC[C@H](CC(=O)Nc3ccc(-c4cccnc4)c(C)c3)C2)c2oc3ccccc3c2n1. The van der Waals surface area contributed by atoms with E-state index in [-0.39, 0.29) is 11.8 Å². The smallest absolute Gasteiger partial charge is 0.224 e. The molecule has 7 heteroatoms. The van der Waals surface area contributed by atoms with Crippen molar-refractivity contribution in [3.8, 4) is 11.1 Å². The Morgan fingerprint density at radius 2 is 2.00 bits per heavy atom. The van der Waals surface area contributed by atoms with E-state index < -0.39 is 0 Å². The van der Waals surface area contributed by atoms with Gasteiger partial charge in [0.25, 0.3) is 0 Å². The van der Waals surface area contributed by atoms with Crippen LogP contribution in [-0.4, -0.2) is 33.9 Å². The molecule has 0 radical (unpaired) electrons. The number of nitrogens with zero attached hydrogens (tertiary/aromatic N) is 4. The van der Waals surface area contributed by atoms with Gasteiger partial charge in [0.15, 0.2) is 11.4 Å². The van der Waals surface area contributed by atoms with E-state index in [1.54, 1.807) is 6.20 Å². The van der Waals surface area contributed by atoms with Gasteiger partial charge in [-0.3, -0.25) is 9.78 Å². The third kappa shape index (κ3) is 4.17. The van der Waals surface area contributed by atoms with Crippen LogP contribution < -0.4 is 10.2 Å². The fourth-order valence-electron chi connectivity index (χ4n) is 5.15. The maximum atomic E-state index is 12.9. The van der Waals surface area contributed by atoms with Crippen LogP contribution in [0.5, 0.6) is 0 Å². The Balaban J connectivity index is 1.15. The molecule has 36 heavy (non-hydrogen) atoms. The molecule has 6 rings (SSSR count). The van der Waals surface area contributed by atoms with Crippen molar-refractivity contribution in [3.05, 3.63) is 78.4 Å². The number of hydrogen-bond acceptors (Lipinski definition) is 6. The monoisotopic (exact) mass is 477 g/mol. The number of hydrogen-bond donors (Lipinski definition) is 1. The van der Waals surface area contributed by atoms with E-state index in [2.05, 4.69) is 27.1 Å². The van der Waals surface area contributed by atoms with Gasteiger partial charge >= 0.3 is 0 Å². The van der Waals surface area contributed by atoms with Gasteiger partial charge in [0.1, 0.15) is 16.9 Å². The van der Waals surface area contributed by atoms with E-state index >= 15 is 0 Å². The normalized spacial score (nSPS) is 15.6. The summed E-state index contributed by atoms with van der Waals surface area (Å²) < 4.78 is 6.15. The minimum atomic E-state index is 0.0307. The van der Waals surface area contributed by atoms with Gasteiger partial charge in [0.05, 0.1) is 0 Å². The highest BCUT2D eigenvalue weighted by Gasteiger charge is 2.28. The maximum Gasteiger partial charge on any atom is 0.224 e. The molecule has 1 N–H and O–H groups in total. The molecule has 0 unspecified atom stereocenters. The highest BCUT2D eigenvalue weighted by molar-refractivity contribution is 6.05. The Kier molecular flexibility index (Phi) is 5.60. The molecule has 1 atom stereocenters. The highest BCUT2D eigenvalue weighted by atomic mass is 16.3. The van der Waals surface area contributed by atoms with Gasteiger partial charge in [-0.2, -0.15) is 0 Å². The predicted molar refractivity (Wildman–Crippen MR) is 142 cm³/mol. The molecule has 0 bridgehead atoms. The number of rotatable bonds is 5. The summed E-state index contributed by atoms with van der Waals surface area (Å²) in [5.41, 5.74) is 6.48. The number of carbonyl (C=O) groups is 1. The number of anilines is 2. The Bertz CT molecular complexity index is 1580. The van der Waals surface area contributed by atoms with Gasteiger partial charge in [-0.15, -0.1) is 0 Å². The van der Waals surface area contributed by atoms with E-state index in [0.29, 0.717) is 6.42 Å². The van der Waals surface area contributed by atoms with Crippen LogP contribution in [-0.2, 0) is 4.79 Å². The predicted octanol–water partition coefficient (Wildman–Crippen LogP) is 5.91. The van der Waals surface area contributed by atoms with Crippen molar-refractivity contribution in [3.63, 3.8) is 0 Å². The summed E-state index contributed by atoms with van der Waals surface area (Å²) in [6.45, 7) is 5.55. The lowest BCUT2D eigenvalue weighted by Crippen LogP contribution is -2.23. The summed E-state index contributed by atoms with van der Waals surface area (Å²) in [6, 6.07) is 17.9. The molecule has 4 heterocycles. The van der Waals surface area contributed by atoms with Crippen LogP contribution in [0.4, 0.5) is 11.5 Å². The third-order valence-electron chi connectivity index (χ3n) is 6.86. The molecule has 0 aliphatic carbocycles. The topological polar surface area (TPSA) is 84.2 Å². The highest BCUT2D eigenvalue weighted by Crippen LogP contribution is 2.35. The van der Waals surface area contributed by atoms with Crippen LogP contribution in [0.3, 0.4) is 0 Å². The second-order valence-corrected chi connectivity index (χ2v) is 9.49. The fourth-order valence-corrected chi connectivity index (χ4v) is 5.15. The van der Waals surface area contributed by atoms with Crippen molar-refractivity contribution >= 4 is 39.5 Å². The van der Waals surface area contributed by atoms with Crippen molar-refractivity contribution in [1.29, 1.82) is 0 Å². The molecule has 2 aromatic carbocycles. The number of pyridine rings is 1. The van der Waals surface area contributed by atoms with E-state index in [4.69, 9.17) is 9.40 Å². The largest absolute Gasteiger partial charge is 0.450 e. The summed E-state index contributed by atoms with van der Waals surface area (Å²) in [7, 11) is 0. The molecule has 7 nitrogen and oxygen atoms in total. The number of furan rings is 1. The first-order valence-corrected chi connectivity index (χ1v) is 12.3. The Hall–Kier alpha value is -4.26. The third-order valence-corrected chi connectivity index (χ3v) is 6.86. The quantitative estimate of drug-likeness (QED) is 0.339. The van der Waals surface area contributed by atoms with Crippen molar-refractivity contribution in [2.75, 3.05) is 23.3 Å². The van der Waals surface area contributed by atoms with Gasteiger partial charge in [-0.25, -0.2) is 9.97 Å². The van der Waals surface area contributed by atoms with Gasteiger partial charge in [0.2, 0.25) is 5.91 Å². The minimum absolute atomic E-state index is 0.0307. The average molecular weight is 478 g/mol. The molecule has 1 amide bonds. The summed E-state index contributed by atoms with van der Waals surface area (Å²) in [6.07, 6.45) is 5.01. The zero-order chi connectivity index (χ0) is 24.6. The number of carbonyl (C=O) groups excluding carboxylic acids is 1. The lowest BCUT2D eigenvalue weighted by Gasteiger charge is -2.18. The second-order valence-electron chi connectivity index (χ2n) is 9.49. The zero-order valence-electron chi connectivity index (χ0n) is 20.4. The standard InChI is InChI=1S/C29H27N5O2/c1-18-14-22(9-10-23(18)21-6-5-12-30-16-21)33-26(35)15-20-11-13-34(17-20)29-28-27(31-19(2)32-29)24-7-3-4-8-25(24)36-28/h3-10,12,14,16,20H,11,13,15,17H2,1-2H3,(H,33,35)/t20-/m1/s1. The first-order chi connectivity index (χ1) is 17.5. The number of para-hydroxylation sites is 1. The van der Waals surface area contributed by atoms with E-state index in [0.717, 1.165) is 75.6 Å². The first-order valence-electron chi connectivity index (χ1n) is 12.3. The number of benzene rings is 2. The van der Waals surface area contributed by atoms with Crippen molar-refractivity contribution in [2.45, 2.75) is 26.7 Å². The van der Waals surface area contributed by atoms with Crippen LogP contribution >= 0.6 is 0 Å². The molecule has 5 aromatic rings. The Morgan fingerprint density at radius 1 is 1.11 bits per heavy atom. The Labute approximate surface area is 209 Å². The summed E-state index contributed by atoms with van der Waals surface area (Å²) >= 11 is 0. The van der Waals surface area contributed by atoms with Crippen LogP contribution in [0.2, 0.25) is 0 Å². The van der Waals surface area contributed by atoms with Gasteiger partial charge < -0.3 is 14.6 Å². The molecule has 0 saturated carbocycles. The fraction of sp³-hybridized carbons (Fsp3) is 0.241. The van der Waals surface area contributed by atoms with Crippen LogP contribution in [0.25, 0.3) is 33.2 Å². The van der Waals surface area contributed by atoms with Crippen molar-refractivity contribution in [1.82, 2.24) is 15.0 Å².